The lowest BCUT2D eigenvalue weighted by atomic mass is 10.1. The van der Waals surface area contributed by atoms with E-state index in [2.05, 4.69) is 20.5 Å². The van der Waals surface area contributed by atoms with Crippen LogP contribution in [0.4, 0.5) is 16.3 Å². The molecule has 0 aliphatic heterocycles. The van der Waals surface area contributed by atoms with Crippen LogP contribution in [0.5, 0.6) is 5.75 Å². The van der Waals surface area contributed by atoms with E-state index in [0.29, 0.717) is 35.9 Å². The number of fused-ring (bicyclic) bond motifs is 1. The maximum atomic E-state index is 12.3. The van der Waals surface area contributed by atoms with Gasteiger partial charge in [-0.25, -0.2) is 14.3 Å². The minimum absolute atomic E-state index is 0.336. The number of nitrogen functional groups attached to an aromatic ring is 1. The van der Waals surface area contributed by atoms with Gasteiger partial charge in [-0.1, -0.05) is 6.07 Å². The van der Waals surface area contributed by atoms with Gasteiger partial charge in [0.25, 0.3) is 0 Å². The topological polar surface area (TPSA) is 131 Å². The monoisotopic (exact) mass is 479 g/mol. The predicted octanol–water partition coefficient (Wildman–Crippen LogP) is 3.84. The zero-order valence-electron chi connectivity index (χ0n) is 20.4. The minimum atomic E-state index is -0.617. The van der Waals surface area contributed by atoms with Crippen molar-refractivity contribution in [3.8, 4) is 28.1 Å². The van der Waals surface area contributed by atoms with Crippen LogP contribution in [-0.4, -0.2) is 56.9 Å². The number of hydrogen-bond donors (Lipinski definition) is 2. The summed E-state index contributed by atoms with van der Waals surface area (Å²) in [5, 5.41) is 11.6. The standard InChI is InChI=1S/C24H29N7O4/c1-24(2,3)35-23(32)29-18-7-6-15(10-20(18)34-5)17-11-19(31-21(17)22(25)26-14-28-31)16-12-27-30(13-16)8-9-33-4/h6-7,10-14H,8-9H2,1-5H3,(H,29,32)(H2,25,26,28). The zero-order chi connectivity index (χ0) is 25.2. The number of anilines is 2. The second-order valence-electron chi connectivity index (χ2n) is 8.88. The maximum Gasteiger partial charge on any atom is 0.412 e. The third-order valence-electron chi connectivity index (χ3n) is 5.18. The molecule has 4 aromatic rings. The Labute approximate surface area is 202 Å². The molecule has 184 valence electrons. The summed E-state index contributed by atoms with van der Waals surface area (Å²) in [6.07, 6.45) is 4.55. The molecule has 4 rings (SSSR count). The van der Waals surface area contributed by atoms with Crippen LogP contribution in [0, 0.1) is 0 Å². The number of benzene rings is 1. The minimum Gasteiger partial charge on any atom is -0.495 e. The molecule has 11 heteroatoms. The smallest absolute Gasteiger partial charge is 0.412 e. The Bertz CT molecular complexity index is 1350. The van der Waals surface area contributed by atoms with E-state index in [9.17, 15) is 4.79 Å². The number of hydrogen-bond acceptors (Lipinski definition) is 8. The summed E-state index contributed by atoms with van der Waals surface area (Å²) < 4.78 is 19.6. The van der Waals surface area contributed by atoms with Gasteiger partial charge in [0.1, 0.15) is 23.2 Å². The lowest BCUT2D eigenvalue weighted by Gasteiger charge is -2.20. The molecule has 0 spiro atoms. The third kappa shape index (κ3) is 5.19. The SMILES string of the molecule is COCCn1cc(-c2cc(-c3ccc(NC(=O)OC(C)(C)C)c(OC)c3)c3c(N)ncnn23)cn1. The Morgan fingerprint density at radius 2 is 1.94 bits per heavy atom. The van der Waals surface area contributed by atoms with Crippen LogP contribution in [0.1, 0.15) is 20.8 Å². The second-order valence-corrected chi connectivity index (χ2v) is 8.88. The molecule has 0 aliphatic rings. The van der Waals surface area contributed by atoms with Gasteiger partial charge in [-0.05, 0) is 44.5 Å². The van der Waals surface area contributed by atoms with E-state index in [4.69, 9.17) is 19.9 Å². The van der Waals surface area contributed by atoms with Gasteiger partial charge in [-0.2, -0.15) is 10.2 Å². The Kier molecular flexibility index (Phi) is 6.61. The van der Waals surface area contributed by atoms with Crippen molar-refractivity contribution in [2.24, 2.45) is 0 Å². The average Bonchev–Trinajstić information content (AvgIpc) is 3.42. The molecule has 0 saturated carbocycles. The van der Waals surface area contributed by atoms with Crippen molar-refractivity contribution in [1.82, 2.24) is 24.4 Å². The fourth-order valence-electron chi connectivity index (χ4n) is 3.67. The Morgan fingerprint density at radius 1 is 1.14 bits per heavy atom. The molecule has 35 heavy (non-hydrogen) atoms. The van der Waals surface area contributed by atoms with E-state index in [-0.39, 0.29) is 0 Å². The molecule has 11 nitrogen and oxygen atoms in total. The van der Waals surface area contributed by atoms with E-state index in [1.54, 1.807) is 44.7 Å². The molecule has 3 aromatic heterocycles. The highest BCUT2D eigenvalue weighted by atomic mass is 16.6. The first kappa shape index (κ1) is 24.0. The number of methoxy groups -OCH3 is 2. The van der Waals surface area contributed by atoms with Crippen LogP contribution in [0.15, 0.2) is 43.0 Å². The Morgan fingerprint density at radius 3 is 2.66 bits per heavy atom. The first-order valence-electron chi connectivity index (χ1n) is 11.0. The predicted molar refractivity (Wildman–Crippen MR) is 132 cm³/mol. The normalized spacial score (nSPS) is 11.6. The molecular weight excluding hydrogens is 450 g/mol. The van der Waals surface area contributed by atoms with Crippen LogP contribution in [0.3, 0.4) is 0 Å². The average molecular weight is 480 g/mol. The summed E-state index contributed by atoms with van der Waals surface area (Å²) in [6.45, 7) is 6.59. The molecule has 0 saturated heterocycles. The number of nitrogens with zero attached hydrogens (tertiary/aromatic N) is 5. The molecular formula is C24H29N7O4. The second kappa shape index (κ2) is 9.63. The quantitative estimate of drug-likeness (QED) is 0.409. The summed E-state index contributed by atoms with van der Waals surface area (Å²) in [5.74, 6) is 0.806. The highest BCUT2D eigenvalue weighted by Crippen LogP contribution is 2.38. The molecule has 3 N–H and O–H groups in total. The van der Waals surface area contributed by atoms with Crippen LogP contribution >= 0.6 is 0 Å². The van der Waals surface area contributed by atoms with E-state index in [1.165, 1.54) is 13.4 Å². The fraction of sp³-hybridized carbons (Fsp3) is 0.333. The summed E-state index contributed by atoms with van der Waals surface area (Å²) in [5.41, 5.74) is 10.1. The maximum absolute atomic E-state index is 12.3. The summed E-state index contributed by atoms with van der Waals surface area (Å²) in [6, 6.07) is 7.42. The zero-order valence-corrected chi connectivity index (χ0v) is 20.4. The van der Waals surface area contributed by atoms with Gasteiger partial charge in [-0.3, -0.25) is 10.00 Å². The highest BCUT2D eigenvalue weighted by Gasteiger charge is 2.20. The highest BCUT2D eigenvalue weighted by molar-refractivity contribution is 5.94. The van der Waals surface area contributed by atoms with Gasteiger partial charge >= 0.3 is 6.09 Å². The molecule has 0 radical (unpaired) electrons. The van der Waals surface area contributed by atoms with Crippen molar-refractivity contribution in [3.05, 3.63) is 43.0 Å². The number of carbonyl (C=O) groups excluding carboxylic acids is 1. The van der Waals surface area contributed by atoms with Gasteiger partial charge in [0.2, 0.25) is 0 Å². The Balaban J connectivity index is 1.74. The van der Waals surface area contributed by atoms with Gasteiger partial charge in [0.15, 0.2) is 5.82 Å². The molecule has 0 bridgehead atoms. The largest absolute Gasteiger partial charge is 0.495 e. The molecule has 3 heterocycles. The number of rotatable bonds is 7. The number of amides is 1. The number of ether oxygens (including phenoxy) is 3. The molecule has 0 fully saturated rings. The number of aromatic nitrogens is 5. The summed E-state index contributed by atoms with van der Waals surface area (Å²) in [7, 11) is 3.19. The number of nitrogens with one attached hydrogen (secondary N) is 1. The van der Waals surface area contributed by atoms with Crippen molar-refractivity contribution in [2.45, 2.75) is 32.9 Å². The van der Waals surface area contributed by atoms with Gasteiger partial charge in [0.05, 0.1) is 37.8 Å². The lowest BCUT2D eigenvalue weighted by Crippen LogP contribution is -2.27. The Hall–Kier alpha value is -4.12. The van der Waals surface area contributed by atoms with Gasteiger partial charge in [-0.15, -0.1) is 0 Å². The van der Waals surface area contributed by atoms with Gasteiger partial charge in [0, 0.05) is 24.4 Å². The van der Waals surface area contributed by atoms with Crippen molar-refractivity contribution in [2.75, 3.05) is 31.9 Å². The number of carbonyl (C=O) groups is 1. The first-order chi connectivity index (χ1) is 16.7. The van der Waals surface area contributed by atoms with Crippen LogP contribution in [0.2, 0.25) is 0 Å². The van der Waals surface area contributed by atoms with E-state index in [1.807, 2.05) is 29.1 Å². The molecule has 0 atom stereocenters. The first-order valence-corrected chi connectivity index (χ1v) is 11.0. The summed E-state index contributed by atoms with van der Waals surface area (Å²) >= 11 is 0. The van der Waals surface area contributed by atoms with Crippen molar-refractivity contribution >= 4 is 23.1 Å². The van der Waals surface area contributed by atoms with E-state index in [0.717, 1.165) is 22.4 Å². The van der Waals surface area contributed by atoms with Crippen molar-refractivity contribution < 1.29 is 19.0 Å². The van der Waals surface area contributed by atoms with Crippen molar-refractivity contribution in [3.63, 3.8) is 0 Å². The molecule has 1 amide bonds. The van der Waals surface area contributed by atoms with Gasteiger partial charge < -0.3 is 19.9 Å². The number of nitrogens with two attached hydrogens (primary N) is 1. The molecule has 0 aliphatic carbocycles. The fourth-order valence-corrected chi connectivity index (χ4v) is 3.67. The van der Waals surface area contributed by atoms with Crippen LogP contribution < -0.4 is 15.8 Å². The summed E-state index contributed by atoms with van der Waals surface area (Å²) in [4.78, 5) is 16.4. The van der Waals surface area contributed by atoms with Crippen LogP contribution in [0.25, 0.3) is 27.9 Å². The molecule has 1 aromatic carbocycles. The third-order valence-corrected chi connectivity index (χ3v) is 5.18. The van der Waals surface area contributed by atoms with Crippen LogP contribution in [-0.2, 0) is 16.0 Å². The van der Waals surface area contributed by atoms with E-state index < -0.39 is 11.7 Å². The van der Waals surface area contributed by atoms with E-state index >= 15 is 0 Å². The molecule has 0 unspecified atom stereocenters. The lowest BCUT2D eigenvalue weighted by molar-refractivity contribution is 0.0635. The van der Waals surface area contributed by atoms with Crippen molar-refractivity contribution in [1.29, 1.82) is 0 Å².